The molecule has 92 valence electrons. The molecule has 0 aliphatic heterocycles. The first-order valence-electron chi connectivity index (χ1n) is 5.28. The maximum atomic E-state index is 12.9. The molecule has 0 aliphatic carbocycles. The Kier molecular flexibility index (Phi) is 3.89. The van der Waals surface area contributed by atoms with Gasteiger partial charge in [-0.05, 0) is 29.8 Å². The summed E-state index contributed by atoms with van der Waals surface area (Å²) < 4.78 is 12.9. The van der Waals surface area contributed by atoms with E-state index >= 15 is 0 Å². The van der Waals surface area contributed by atoms with Crippen molar-refractivity contribution in [2.75, 3.05) is 5.32 Å². The van der Waals surface area contributed by atoms with Crippen LogP contribution < -0.4 is 5.32 Å². The predicted octanol–water partition coefficient (Wildman–Crippen LogP) is 3.21. The van der Waals surface area contributed by atoms with Gasteiger partial charge >= 0.3 is 0 Å². The third-order valence-electron chi connectivity index (χ3n) is 2.30. The van der Waals surface area contributed by atoms with Crippen LogP contribution in [-0.4, -0.2) is 10.9 Å². The van der Waals surface area contributed by atoms with Crippen LogP contribution >= 0.6 is 11.6 Å². The number of nitrogens with zero attached hydrogens (tertiary/aromatic N) is 1. The molecule has 0 aliphatic rings. The van der Waals surface area contributed by atoms with Gasteiger partial charge in [-0.1, -0.05) is 18.2 Å². The van der Waals surface area contributed by atoms with Crippen LogP contribution in [0.5, 0.6) is 0 Å². The number of hydrogen-bond donors (Lipinski definition) is 1. The van der Waals surface area contributed by atoms with Crippen molar-refractivity contribution in [2.45, 2.75) is 5.88 Å². The number of alkyl halides is 1. The molecule has 18 heavy (non-hydrogen) atoms. The number of benzene rings is 1. The molecule has 0 bridgehead atoms. The fourth-order valence-corrected chi connectivity index (χ4v) is 1.63. The molecular formula is C13H10ClFN2O. The molecule has 2 aromatic rings. The van der Waals surface area contributed by atoms with E-state index in [-0.39, 0.29) is 11.7 Å². The number of carbonyl (C=O) groups excluding carboxylic acids is 1. The van der Waals surface area contributed by atoms with Crippen LogP contribution in [0.3, 0.4) is 0 Å². The lowest BCUT2D eigenvalue weighted by molar-refractivity contribution is 0.102. The van der Waals surface area contributed by atoms with Gasteiger partial charge in [0.2, 0.25) is 5.95 Å². The number of aromatic nitrogens is 1. The van der Waals surface area contributed by atoms with Gasteiger partial charge in [0.15, 0.2) is 0 Å². The zero-order chi connectivity index (χ0) is 13.0. The molecule has 0 saturated heterocycles. The number of halogens is 2. The molecular weight excluding hydrogens is 255 g/mol. The zero-order valence-electron chi connectivity index (χ0n) is 9.36. The Balaban J connectivity index is 2.16. The predicted molar refractivity (Wildman–Crippen MR) is 68.1 cm³/mol. The third kappa shape index (κ3) is 3.05. The average molecular weight is 265 g/mol. The average Bonchev–Trinajstić information content (AvgIpc) is 2.39. The van der Waals surface area contributed by atoms with Gasteiger partial charge in [-0.3, -0.25) is 4.79 Å². The van der Waals surface area contributed by atoms with Gasteiger partial charge in [-0.2, -0.15) is 4.39 Å². The van der Waals surface area contributed by atoms with Crippen LogP contribution in [0.25, 0.3) is 0 Å². The number of hydrogen-bond acceptors (Lipinski definition) is 2. The van der Waals surface area contributed by atoms with E-state index in [1.807, 2.05) is 6.07 Å². The summed E-state index contributed by atoms with van der Waals surface area (Å²) in [5.41, 5.74) is 1.30. The fraction of sp³-hybridized carbons (Fsp3) is 0.0769. The van der Waals surface area contributed by atoms with Crippen molar-refractivity contribution in [2.24, 2.45) is 0 Å². The standard InChI is InChI=1S/C13H10ClFN2O/c14-8-9-3-1-4-10(7-9)13(18)17-12-6-2-5-11(15)16-12/h1-7H,8H2,(H,16,17,18). The first-order chi connectivity index (χ1) is 8.69. The topological polar surface area (TPSA) is 42.0 Å². The summed E-state index contributed by atoms with van der Waals surface area (Å²) in [7, 11) is 0. The summed E-state index contributed by atoms with van der Waals surface area (Å²) in [4.78, 5) is 15.4. The van der Waals surface area contributed by atoms with Crippen LogP contribution in [0, 0.1) is 5.95 Å². The van der Waals surface area contributed by atoms with Crippen molar-refractivity contribution in [3.63, 3.8) is 0 Å². The third-order valence-corrected chi connectivity index (χ3v) is 2.61. The van der Waals surface area contributed by atoms with E-state index < -0.39 is 5.95 Å². The maximum Gasteiger partial charge on any atom is 0.256 e. The lowest BCUT2D eigenvalue weighted by Crippen LogP contribution is -2.13. The van der Waals surface area contributed by atoms with Gasteiger partial charge in [0.1, 0.15) is 5.82 Å². The Morgan fingerprint density at radius 2 is 2.06 bits per heavy atom. The van der Waals surface area contributed by atoms with Gasteiger partial charge in [0, 0.05) is 11.4 Å². The second-order valence-electron chi connectivity index (χ2n) is 3.63. The molecule has 1 aromatic carbocycles. The summed E-state index contributed by atoms with van der Waals surface area (Å²) in [6.45, 7) is 0. The number of anilines is 1. The number of rotatable bonds is 3. The molecule has 3 nitrogen and oxygen atoms in total. The van der Waals surface area contributed by atoms with E-state index in [0.29, 0.717) is 11.4 Å². The second-order valence-corrected chi connectivity index (χ2v) is 3.90. The molecule has 0 saturated carbocycles. The minimum absolute atomic E-state index is 0.177. The summed E-state index contributed by atoms with van der Waals surface area (Å²) in [5.74, 6) is -0.474. The van der Waals surface area contributed by atoms with Crippen molar-refractivity contribution >= 4 is 23.3 Å². The molecule has 0 atom stereocenters. The van der Waals surface area contributed by atoms with Crippen molar-refractivity contribution in [1.82, 2.24) is 4.98 Å². The number of nitrogens with one attached hydrogen (secondary N) is 1. The first kappa shape index (κ1) is 12.5. The lowest BCUT2D eigenvalue weighted by Gasteiger charge is -2.05. The molecule has 0 radical (unpaired) electrons. The summed E-state index contributed by atoms with van der Waals surface area (Å²) in [5, 5.41) is 2.52. The molecule has 2 rings (SSSR count). The molecule has 0 unspecified atom stereocenters. The van der Waals surface area contributed by atoms with Crippen LogP contribution in [0.4, 0.5) is 10.2 Å². The van der Waals surface area contributed by atoms with Crippen LogP contribution in [0.1, 0.15) is 15.9 Å². The Labute approximate surface area is 109 Å². The molecule has 0 fully saturated rings. The summed E-state index contributed by atoms with van der Waals surface area (Å²) in [6, 6.07) is 11.1. The van der Waals surface area contributed by atoms with E-state index in [0.717, 1.165) is 5.56 Å². The smallest absolute Gasteiger partial charge is 0.256 e. The zero-order valence-corrected chi connectivity index (χ0v) is 10.1. The monoisotopic (exact) mass is 264 g/mol. The minimum atomic E-state index is -0.637. The normalized spacial score (nSPS) is 10.1. The Morgan fingerprint density at radius 1 is 1.28 bits per heavy atom. The van der Waals surface area contributed by atoms with Crippen LogP contribution in [0.15, 0.2) is 42.5 Å². The number of carbonyl (C=O) groups is 1. The van der Waals surface area contributed by atoms with Crippen molar-refractivity contribution in [3.05, 3.63) is 59.5 Å². The highest BCUT2D eigenvalue weighted by Gasteiger charge is 2.07. The SMILES string of the molecule is O=C(Nc1cccc(F)n1)c1cccc(CCl)c1. The fourth-order valence-electron chi connectivity index (χ4n) is 1.46. The van der Waals surface area contributed by atoms with Gasteiger partial charge < -0.3 is 5.32 Å². The highest BCUT2D eigenvalue weighted by Crippen LogP contribution is 2.10. The summed E-state index contributed by atoms with van der Waals surface area (Å²) >= 11 is 5.69. The van der Waals surface area contributed by atoms with Gasteiger partial charge in [-0.25, -0.2) is 4.98 Å². The number of pyridine rings is 1. The van der Waals surface area contributed by atoms with Crippen LogP contribution in [0.2, 0.25) is 0 Å². The van der Waals surface area contributed by atoms with Gasteiger partial charge in [0.05, 0.1) is 0 Å². The molecule has 1 N–H and O–H groups in total. The van der Waals surface area contributed by atoms with E-state index in [1.54, 1.807) is 18.2 Å². The quantitative estimate of drug-likeness (QED) is 0.683. The van der Waals surface area contributed by atoms with Gasteiger partial charge in [0.25, 0.3) is 5.91 Å². The largest absolute Gasteiger partial charge is 0.306 e. The van der Waals surface area contributed by atoms with E-state index in [2.05, 4.69) is 10.3 Å². The van der Waals surface area contributed by atoms with Gasteiger partial charge in [-0.15, -0.1) is 11.6 Å². The molecule has 1 heterocycles. The first-order valence-corrected chi connectivity index (χ1v) is 5.81. The van der Waals surface area contributed by atoms with E-state index in [1.165, 1.54) is 18.2 Å². The van der Waals surface area contributed by atoms with E-state index in [9.17, 15) is 9.18 Å². The van der Waals surface area contributed by atoms with E-state index in [4.69, 9.17) is 11.6 Å². The summed E-state index contributed by atoms with van der Waals surface area (Å²) in [6.07, 6.45) is 0. The van der Waals surface area contributed by atoms with Crippen molar-refractivity contribution < 1.29 is 9.18 Å². The number of amides is 1. The van der Waals surface area contributed by atoms with Crippen LogP contribution in [-0.2, 0) is 5.88 Å². The van der Waals surface area contributed by atoms with Crippen molar-refractivity contribution in [3.8, 4) is 0 Å². The highest BCUT2D eigenvalue weighted by molar-refractivity contribution is 6.17. The molecule has 5 heteroatoms. The Bertz CT molecular complexity index is 574. The second kappa shape index (κ2) is 5.60. The highest BCUT2D eigenvalue weighted by atomic mass is 35.5. The lowest BCUT2D eigenvalue weighted by atomic mass is 10.1. The molecule has 1 aromatic heterocycles. The Morgan fingerprint density at radius 3 is 2.78 bits per heavy atom. The van der Waals surface area contributed by atoms with Crippen molar-refractivity contribution in [1.29, 1.82) is 0 Å². The Hall–Kier alpha value is -1.94. The maximum absolute atomic E-state index is 12.9. The molecule has 0 spiro atoms. The molecule has 1 amide bonds. The minimum Gasteiger partial charge on any atom is -0.306 e.